The highest BCUT2D eigenvalue weighted by atomic mass is 16.2. The van der Waals surface area contributed by atoms with Crippen molar-refractivity contribution in [3.63, 3.8) is 0 Å². The molecule has 0 fully saturated rings. The molecule has 0 saturated carbocycles. The Kier molecular flexibility index (Phi) is 5.58. The highest BCUT2D eigenvalue weighted by Gasteiger charge is 2.29. The predicted molar refractivity (Wildman–Crippen MR) is 122 cm³/mol. The Hall–Kier alpha value is -3.14. The summed E-state index contributed by atoms with van der Waals surface area (Å²) in [4.78, 5) is 27.3. The maximum absolute atomic E-state index is 12.9. The summed E-state index contributed by atoms with van der Waals surface area (Å²) in [7, 11) is 0. The molecule has 2 amide bonds. The lowest BCUT2D eigenvalue weighted by atomic mass is 9.97. The average Bonchev–Trinajstić information content (AvgIpc) is 3.00. The molecule has 0 aliphatic carbocycles. The topological polar surface area (TPSA) is 49.4 Å². The molecule has 4 nitrogen and oxygen atoms in total. The predicted octanol–water partition coefficient (Wildman–Crippen LogP) is 5.46. The Balaban J connectivity index is 1.38. The molecule has 1 atom stereocenters. The lowest BCUT2D eigenvalue weighted by molar-refractivity contribution is -0.121. The summed E-state index contributed by atoms with van der Waals surface area (Å²) in [6.45, 7) is 6.80. The number of rotatable bonds is 7. The third kappa shape index (κ3) is 3.70. The van der Waals surface area contributed by atoms with Crippen LogP contribution in [0.15, 0.2) is 54.6 Å². The van der Waals surface area contributed by atoms with Crippen molar-refractivity contribution in [2.45, 2.75) is 46.1 Å². The molecule has 4 rings (SSSR count). The second kappa shape index (κ2) is 8.31. The van der Waals surface area contributed by atoms with Crippen molar-refractivity contribution >= 4 is 28.3 Å². The van der Waals surface area contributed by atoms with Crippen LogP contribution in [-0.4, -0.2) is 18.4 Å². The maximum Gasteiger partial charge on any atom is 0.258 e. The summed E-state index contributed by atoms with van der Waals surface area (Å²) in [6.07, 6.45) is 1.88. The molecule has 1 aliphatic heterocycles. The number of carbonyl (C=O) groups is 2. The zero-order valence-corrected chi connectivity index (χ0v) is 17.9. The van der Waals surface area contributed by atoms with E-state index in [1.807, 2.05) is 41.3 Å². The maximum atomic E-state index is 12.9. The van der Waals surface area contributed by atoms with E-state index in [0.717, 1.165) is 28.4 Å². The van der Waals surface area contributed by atoms with Crippen molar-refractivity contribution < 1.29 is 9.59 Å². The number of benzene rings is 3. The molecule has 1 unspecified atom stereocenters. The van der Waals surface area contributed by atoms with Crippen molar-refractivity contribution in [2.24, 2.45) is 0 Å². The molecule has 0 radical (unpaired) electrons. The Labute approximate surface area is 177 Å². The molecule has 0 bridgehead atoms. The van der Waals surface area contributed by atoms with Crippen molar-refractivity contribution in [1.29, 1.82) is 0 Å². The smallest absolute Gasteiger partial charge is 0.258 e. The third-order valence-electron chi connectivity index (χ3n) is 5.98. The van der Waals surface area contributed by atoms with E-state index < -0.39 is 0 Å². The number of aryl methyl sites for hydroxylation is 2. The molecule has 3 aromatic rings. The number of hydrogen-bond donors (Lipinski definition) is 1. The van der Waals surface area contributed by atoms with Crippen LogP contribution in [0.4, 0.5) is 5.69 Å². The molecule has 1 heterocycles. The first-order valence-corrected chi connectivity index (χ1v) is 10.7. The molecule has 154 valence electrons. The summed E-state index contributed by atoms with van der Waals surface area (Å²) in [6, 6.07) is 18.2. The summed E-state index contributed by atoms with van der Waals surface area (Å²) in [5.41, 5.74) is 5.32. The van der Waals surface area contributed by atoms with Crippen LogP contribution in [0, 0.1) is 13.8 Å². The quantitative estimate of drug-likeness (QED) is 0.572. The monoisotopic (exact) mass is 400 g/mol. The van der Waals surface area contributed by atoms with E-state index in [0.29, 0.717) is 19.4 Å². The number of nitrogens with one attached hydrogen (secondary N) is 1. The van der Waals surface area contributed by atoms with Crippen LogP contribution in [-0.2, 0) is 4.79 Å². The van der Waals surface area contributed by atoms with E-state index in [1.54, 1.807) is 0 Å². The fourth-order valence-corrected chi connectivity index (χ4v) is 4.48. The van der Waals surface area contributed by atoms with Gasteiger partial charge in [0.1, 0.15) is 0 Å². The van der Waals surface area contributed by atoms with Crippen LogP contribution < -0.4 is 10.2 Å². The average molecular weight is 401 g/mol. The van der Waals surface area contributed by atoms with Gasteiger partial charge in [0.15, 0.2) is 0 Å². The normalized spacial score (nSPS) is 13.7. The van der Waals surface area contributed by atoms with Crippen molar-refractivity contribution in [3.05, 3.63) is 76.9 Å². The summed E-state index contributed by atoms with van der Waals surface area (Å²) < 4.78 is 0. The fraction of sp³-hybridized carbons (Fsp3) is 0.308. The van der Waals surface area contributed by atoms with Gasteiger partial charge in [-0.25, -0.2) is 0 Å². The van der Waals surface area contributed by atoms with Gasteiger partial charge in [-0.2, -0.15) is 0 Å². The van der Waals surface area contributed by atoms with Gasteiger partial charge >= 0.3 is 0 Å². The van der Waals surface area contributed by atoms with Gasteiger partial charge in [0, 0.05) is 23.9 Å². The SMILES string of the molecule is CCC(NC(=O)CCCN1C(=O)c2cccc3cccc1c23)c1ccc(C)cc1C. The Morgan fingerprint density at radius 1 is 1.07 bits per heavy atom. The first-order valence-electron chi connectivity index (χ1n) is 10.7. The van der Waals surface area contributed by atoms with Crippen LogP contribution in [0.5, 0.6) is 0 Å². The van der Waals surface area contributed by atoms with Crippen molar-refractivity contribution in [3.8, 4) is 0 Å². The van der Waals surface area contributed by atoms with Gasteiger partial charge in [0.2, 0.25) is 5.91 Å². The summed E-state index contributed by atoms with van der Waals surface area (Å²) in [5.74, 6) is 0.0631. The molecule has 3 aromatic carbocycles. The molecule has 1 N–H and O–H groups in total. The van der Waals surface area contributed by atoms with Crippen LogP contribution in [0.25, 0.3) is 10.8 Å². The lowest BCUT2D eigenvalue weighted by Gasteiger charge is -2.21. The zero-order valence-electron chi connectivity index (χ0n) is 17.9. The summed E-state index contributed by atoms with van der Waals surface area (Å²) >= 11 is 0. The van der Waals surface area contributed by atoms with Crippen LogP contribution >= 0.6 is 0 Å². The Morgan fingerprint density at radius 3 is 2.57 bits per heavy atom. The van der Waals surface area contributed by atoms with Crippen LogP contribution in [0.1, 0.15) is 59.3 Å². The summed E-state index contributed by atoms with van der Waals surface area (Å²) in [5, 5.41) is 5.28. The second-order valence-corrected chi connectivity index (χ2v) is 8.13. The van der Waals surface area contributed by atoms with Gasteiger partial charge in [0.25, 0.3) is 5.91 Å². The Morgan fingerprint density at radius 2 is 1.83 bits per heavy atom. The lowest BCUT2D eigenvalue weighted by Crippen LogP contribution is -2.31. The molecular formula is C26H28N2O2. The van der Waals surface area contributed by atoms with E-state index in [2.05, 4.69) is 44.3 Å². The minimum Gasteiger partial charge on any atom is -0.349 e. The standard InChI is InChI=1S/C26H28N2O2/c1-4-22(20-14-13-17(2)16-18(20)3)27-24(29)12-7-15-28-23-11-6-9-19-8-5-10-21(25(19)23)26(28)30/h5-6,8-11,13-14,16,22H,4,7,12,15H2,1-3H3,(H,27,29). The molecule has 1 aliphatic rings. The fourth-order valence-electron chi connectivity index (χ4n) is 4.48. The van der Waals surface area contributed by atoms with Crippen LogP contribution in [0.2, 0.25) is 0 Å². The number of nitrogens with zero attached hydrogens (tertiary/aromatic N) is 1. The van der Waals surface area contributed by atoms with Gasteiger partial charge in [-0.1, -0.05) is 55.0 Å². The first kappa shape index (κ1) is 20.1. The number of anilines is 1. The van der Waals surface area contributed by atoms with Crippen molar-refractivity contribution in [1.82, 2.24) is 5.32 Å². The number of carbonyl (C=O) groups excluding carboxylic acids is 2. The van der Waals surface area contributed by atoms with E-state index >= 15 is 0 Å². The minimum atomic E-state index is 0.0181. The van der Waals surface area contributed by atoms with Gasteiger partial charge < -0.3 is 10.2 Å². The zero-order chi connectivity index (χ0) is 21.3. The highest BCUT2D eigenvalue weighted by molar-refractivity contribution is 6.25. The van der Waals surface area contributed by atoms with Gasteiger partial charge in [0.05, 0.1) is 11.7 Å². The molecule has 30 heavy (non-hydrogen) atoms. The largest absolute Gasteiger partial charge is 0.349 e. The van der Waals surface area contributed by atoms with E-state index in [-0.39, 0.29) is 17.9 Å². The van der Waals surface area contributed by atoms with Crippen molar-refractivity contribution in [2.75, 3.05) is 11.4 Å². The minimum absolute atomic E-state index is 0.0181. The van der Waals surface area contributed by atoms with E-state index in [4.69, 9.17) is 0 Å². The Bertz CT molecular complexity index is 1110. The molecule has 0 aromatic heterocycles. The molecule has 0 spiro atoms. The molecule has 0 saturated heterocycles. The second-order valence-electron chi connectivity index (χ2n) is 8.13. The van der Waals surface area contributed by atoms with E-state index in [1.165, 1.54) is 16.7 Å². The van der Waals surface area contributed by atoms with Gasteiger partial charge in [-0.3, -0.25) is 9.59 Å². The number of amides is 2. The third-order valence-corrected chi connectivity index (χ3v) is 5.98. The number of hydrogen-bond acceptors (Lipinski definition) is 2. The van der Waals surface area contributed by atoms with Gasteiger partial charge in [-0.15, -0.1) is 0 Å². The van der Waals surface area contributed by atoms with Crippen LogP contribution in [0.3, 0.4) is 0 Å². The van der Waals surface area contributed by atoms with Gasteiger partial charge in [-0.05, 0) is 55.3 Å². The van der Waals surface area contributed by atoms with E-state index in [9.17, 15) is 9.59 Å². The highest BCUT2D eigenvalue weighted by Crippen LogP contribution is 2.37. The first-order chi connectivity index (χ1) is 14.5. The molecule has 4 heteroatoms. The molecular weight excluding hydrogens is 372 g/mol.